The van der Waals surface area contributed by atoms with Crippen molar-refractivity contribution in [1.29, 1.82) is 0 Å². The molecule has 2 aromatic carbocycles. The molecule has 4 rings (SSSR count). The molecule has 2 aromatic heterocycles. The third kappa shape index (κ3) is 3.92. The third-order valence-corrected chi connectivity index (χ3v) is 6.71. The Balaban J connectivity index is 1.67. The molecule has 2 heterocycles. The quantitative estimate of drug-likeness (QED) is 0.301. The van der Waals surface area contributed by atoms with Crippen LogP contribution in [0.15, 0.2) is 42.5 Å². The van der Waals surface area contributed by atoms with Gasteiger partial charge in [-0.3, -0.25) is 19.6 Å². The molecular formula is C22H19ClN4O3S. The first kappa shape index (κ1) is 21.0. The molecular weight excluding hydrogens is 436 g/mol. The highest BCUT2D eigenvalue weighted by Gasteiger charge is 2.21. The van der Waals surface area contributed by atoms with E-state index in [1.807, 2.05) is 48.9 Å². The lowest BCUT2D eigenvalue weighted by molar-refractivity contribution is -0.385. The zero-order valence-electron chi connectivity index (χ0n) is 17.1. The van der Waals surface area contributed by atoms with E-state index >= 15 is 0 Å². The fourth-order valence-corrected chi connectivity index (χ4v) is 4.77. The second-order valence-electron chi connectivity index (χ2n) is 7.28. The van der Waals surface area contributed by atoms with Gasteiger partial charge in [-0.2, -0.15) is 5.10 Å². The standard InChI is InChI=1S/C22H19ClN4O3S/c1-12-8-9-18(27(29)30)13(2)20(12)24-21(28)19-10-16-14(3)25-26(22(16)31-19)11-15-6-4-5-7-17(15)23/h4-10H,11H2,1-3H3,(H,24,28). The van der Waals surface area contributed by atoms with E-state index in [0.29, 0.717) is 27.7 Å². The predicted molar refractivity (Wildman–Crippen MR) is 123 cm³/mol. The average Bonchev–Trinajstić information content (AvgIpc) is 3.28. The normalized spacial score (nSPS) is 11.1. The van der Waals surface area contributed by atoms with Crippen molar-refractivity contribution in [2.45, 2.75) is 27.3 Å². The van der Waals surface area contributed by atoms with Crippen LogP contribution in [0.4, 0.5) is 11.4 Å². The summed E-state index contributed by atoms with van der Waals surface area (Å²) in [6, 6.07) is 12.5. The van der Waals surface area contributed by atoms with E-state index < -0.39 is 4.92 Å². The van der Waals surface area contributed by atoms with Gasteiger partial charge in [0.15, 0.2) is 0 Å². The summed E-state index contributed by atoms with van der Waals surface area (Å²) in [5, 5.41) is 20.3. The molecule has 0 fully saturated rings. The number of nitrogens with one attached hydrogen (secondary N) is 1. The van der Waals surface area contributed by atoms with Crippen molar-refractivity contribution in [3.63, 3.8) is 0 Å². The Hall–Kier alpha value is -3.23. The van der Waals surface area contributed by atoms with Gasteiger partial charge in [-0.15, -0.1) is 11.3 Å². The number of hydrogen-bond acceptors (Lipinski definition) is 5. The summed E-state index contributed by atoms with van der Waals surface area (Å²) in [7, 11) is 0. The molecule has 0 aliphatic carbocycles. The third-order valence-electron chi connectivity index (χ3n) is 5.19. The fraction of sp³-hybridized carbons (Fsp3) is 0.182. The smallest absolute Gasteiger partial charge is 0.274 e. The van der Waals surface area contributed by atoms with Crippen LogP contribution in [0.5, 0.6) is 0 Å². The first-order chi connectivity index (χ1) is 14.8. The lowest BCUT2D eigenvalue weighted by atomic mass is 10.1. The van der Waals surface area contributed by atoms with Crippen molar-refractivity contribution >= 4 is 50.4 Å². The number of halogens is 1. The largest absolute Gasteiger partial charge is 0.321 e. The first-order valence-electron chi connectivity index (χ1n) is 9.52. The number of nitrogens with zero attached hydrogens (tertiary/aromatic N) is 3. The predicted octanol–water partition coefficient (Wildman–Crippen LogP) is 5.89. The summed E-state index contributed by atoms with van der Waals surface area (Å²) in [4.78, 5) is 25.2. The van der Waals surface area contributed by atoms with E-state index in [1.54, 1.807) is 13.0 Å². The van der Waals surface area contributed by atoms with Gasteiger partial charge in [-0.1, -0.05) is 35.9 Å². The van der Waals surface area contributed by atoms with Gasteiger partial charge in [0, 0.05) is 16.5 Å². The fourth-order valence-electron chi connectivity index (χ4n) is 3.52. The number of aromatic nitrogens is 2. The number of hydrogen-bond donors (Lipinski definition) is 1. The summed E-state index contributed by atoms with van der Waals surface area (Å²) in [6.45, 7) is 5.84. The molecule has 0 aliphatic rings. The number of amides is 1. The maximum Gasteiger partial charge on any atom is 0.274 e. The van der Waals surface area contributed by atoms with Gasteiger partial charge in [-0.25, -0.2) is 0 Å². The highest BCUT2D eigenvalue weighted by molar-refractivity contribution is 7.20. The Labute approximate surface area is 187 Å². The molecule has 4 aromatic rings. The topological polar surface area (TPSA) is 90.1 Å². The molecule has 158 valence electrons. The molecule has 0 spiro atoms. The zero-order valence-corrected chi connectivity index (χ0v) is 18.7. The lowest BCUT2D eigenvalue weighted by Crippen LogP contribution is -2.13. The van der Waals surface area contributed by atoms with Crippen LogP contribution in [-0.4, -0.2) is 20.6 Å². The van der Waals surface area contributed by atoms with Gasteiger partial charge in [0.05, 0.1) is 33.3 Å². The van der Waals surface area contributed by atoms with Crippen molar-refractivity contribution in [3.8, 4) is 0 Å². The SMILES string of the molecule is Cc1ccc([N+](=O)[O-])c(C)c1NC(=O)c1cc2c(C)nn(Cc3ccccc3Cl)c2s1. The number of rotatable bonds is 5. The molecule has 0 unspecified atom stereocenters. The second-order valence-corrected chi connectivity index (χ2v) is 8.71. The van der Waals surface area contributed by atoms with Gasteiger partial charge in [0.2, 0.25) is 0 Å². The summed E-state index contributed by atoms with van der Waals surface area (Å²) in [5.41, 5.74) is 3.39. The summed E-state index contributed by atoms with van der Waals surface area (Å²) >= 11 is 7.62. The van der Waals surface area contributed by atoms with Crippen molar-refractivity contribution in [1.82, 2.24) is 9.78 Å². The van der Waals surface area contributed by atoms with E-state index in [-0.39, 0.29) is 11.6 Å². The number of aryl methyl sites for hydroxylation is 2. The Morgan fingerprint density at radius 1 is 1.23 bits per heavy atom. The molecule has 1 N–H and O–H groups in total. The van der Waals surface area contributed by atoms with E-state index in [9.17, 15) is 14.9 Å². The second kappa shape index (κ2) is 8.13. The zero-order chi connectivity index (χ0) is 22.3. The van der Waals surface area contributed by atoms with Crippen LogP contribution in [0.25, 0.3) is 10.2 Å². The van der Waals surface area contributed by atoms with Crippen molar-refractivity contribution < 1.29 is 9.72 Å². The van der Waals surface area contributed by atoms with Crippen molar-refractivity contribution in [3.05, 3.63) is 84.9 Å². The molecule has 0 saturated carbocycles. The van der Waals surface area contributed by atoms with Crippen LogP contribution in [0.3, 0.4) is 0 Å². The highest BCUT2D eigenvalue weighted by atomic mass is 35.5. The Kier molecular flexibility index (Phi) is 5.51. The van der Waals surface area contributed by atoms with Gasteiger partial charge in [0.25, 0.3) is 11.6 Å². The number of fused-ring (bicyclic) bond motifs is 1. The van der Waals surface area contributed by atoms with Crippen LogP contribution in [0.1, 0.15) is 32.1 Å². The number of benzene rings is 2. The molecule has 7 nitrogen and oxygen atoms in total. The maximum atomic E-state index is 13.0. The maximum absolute atomic E-state index is 13.0. The average molecular weight is 455 g/mol. The van der Waals surface area contributed by atoms with E-state index in [4.69, 9.17) is 11.6 Å². The number of nitro groups is 1. The number of carbonyl (C=O) groups is 1. The minimum Gasteiger partial charge on any atom is -0.321 e. The van der Waals surface area contributed by atoms with Gasteiger partial charge in [-0.05, 0) is 44.0 Å². The Morgan fingerprint density at radius 2 is 1.97 bits per heavy atom. The number of carbonyl (C=O) groups excluding carboxylic acids is 1. The molecule has 0 bridgehead atoms. The summed E-state index contributed by atoms with van der Waals surface area (Å²) in [5.74, 6) is -0.309. The Bertz CT molecular complexity index is 1340. The number of thiophene rings is 1. The minimum absolute atomic E-state index is 0.0246. The Morgan fingerprint density at radius 3 is 2.68 bits per heavy atom. The monoisotopic (exact) mass is 454 g/mol. The van der Waals surface area contributed by atoms with Crippen LogP contribution in [-0.2, 0) is 6.54 Å². The van der Waals surface area contributed by atoms with Crippen LogP contribution in [0.2, 0.25) is 5.02 Å². The van der Waals surface area contributed by atoms with Crippen LogP contribution >= 0.6 is 22.9 Å². The van der Waals surface area contributed by atoms with Gasteiger partial charge in [0.1, 0.15) is 4.83 Å². The molecule has 31 heavy (non-hydrogen) atoms. The van der Waals surface area contributed by atoms with Gasteiger partial charge >= 0.3 is 0 Å². The summed E-state index contributed by atoms with van der Waals surface area (Å²) in [6.07, 6.45) is 0. The molecule has 9 heteroatoms. The number of anilines is 1. The first-order valence-corrected chi connectivity index (χ1v) is 10.7. The molecule has 0 saturated heterocycles. The minimum atomic E-state index is -0.448. The van der Waals surface area contributed by atoms with Gasteiger partial charge < -0.3 is 5.32 Å². The summed E-state index contributed by atoms with van der Waals surface area (Å²) < 4.78 is 1.84. The lowest BCUT2D eigenvalue weighted by Gasteiger charge is -2.11. The van der Waals surface area contributed by atoms with Crippen molar-refractivity contribution in [2.75, 3.05) is 5.32 Å². The molecule has 1 amide bonds. The van der Waals surface area contributed by atoms with Crippen LogP contribution in [0, 0.1) is 30.9 Å². The number of nitro benzene ring substituents is 1. The molecule has 0 atom stereocenters. The van der Waals surface area contributed by atoms with E-state index in [0.717, 1.165) is 27.0 Å². The highest BCUT2D eigenvalue weighted by Crippen LogP contribution is 2.32. The molecule has 0 radical (unpaired) electrons. The molecule has 0 aliphatic heterocycles. The van der Waals surface area contributed by atoms with E-state index in [2.05, 4.69) is 10.4 Å². The van der Waals surface area contributed by atoms with Crippen LogP contribution < -0.4 is 5.32 Å². The van der Waals surface area contributed by atoms with Crippen molar-refractivity contribution in [2.24, 2.45) is 0 Å². The van der Waals surface area contributed by atoms with E-state index in [1.165, 1.54) is 17.4 Å².